The monoisotopic (exact) mass is 246 g/mol. The fourth-order valence-corrected chi connectivity index (χ4v) is 1.45. The molecule has 0 aliphatic carbocycles. The van der Waals surface area contributed by atoms with E-state index in [1.165, 1.54) is 11.0 Å². The number of aromatic nitrogens is 4. The summed E-state index contributed by atoms with van der Waals surface area (Å²) in [7, 11) is 0. The van der Waals surface area contributed by atoms with Gasteiger partial charge in [0.25, 0.3) is 5.91 Å². The molecule has 1 heterocycles. The Kier molecular flexibility index (Phi) is 3.98. The third kappa shape index (κ3) is 2.89. The maximum Gasteiger partial charge on any atom is 0.251 e. The van der Waals surface area contributed by atoms with Crippen molar-refractivity contribution in [3.05, 3.63) is 36.2 Å². The number of tetrazole rings is 1. The minimum Gasteiger partial charge on any atom is -0.352 e. The quantitative estimate of drug-likeness (QED) is 0.708. The number of hydrogen-bond acceptors (Lipinski definition) is 5. The van der Waals surface area contributed by atoms with Gasteiger partial charge in [0.05, 0.1) is 5.69 Å². The highest BCUT2D eigenvalue weighted by atomic mass is 16.1. The minimum absolute atomic E-state index is 0.105. The number of carbonyl (C=O) groups excluding carboxylic acids is 1. The lowest BCUT2D eigenvalue weighted by molar-refractivity contribution is 0.0953. The molecule has 1 amide bonds. The maximum atomic E-state index is 11.7. The second kappa shape index (κ2) is 5.87. The SMILES string of the molecule is NCCCNC(=O)c1ccc(-n2cnnn2)cc1. The molecule has 2 rings (SSSR count). The molecule has 7 heteroatoms. The zero-order chi connectivity index (χ0) is 12.8. The highest BCUT2D eigenvalue weighted by molar-refractivity contribution is 5.94. The smallest absolute Gasteiger partial charge is 0.251 e. The molecule has 0 bridgehead atoms. The van der Waals surface area contributed by atoms with Crippen molar-refractivity contribution in [3.63, 3.8) is 0 Å². The number of benzene rings is 1. The Morgan fingerprint density at radius 2 is 2.11 bits per heavy atom. The standard InChI is InChI=1S/C11H14N6O/c12-6-1-7-13-11(18)9-2-4-10(5-3-9)17-8-14-15-16-17/h2-5,8H,1,6-7,12H2,(H,13,18). The second-order valence-corrected chi connectivity index (χ2v) is 3.70. The van der Waals surface area contributed by atoms with Gasteiger partial charge in [-0.25, -0.2) is 4.68 Å². The van der Waals surface area contributed by atoms with Crippen LogP contribution >= 0.6 is 0 Å². The van der Waals surface area contributed by atoms with Crippen LogP contribution in [0.1, 0.15) is 16.8 Å². The summed E-state index contributed by atoms with van der Waals surface area (Å²) < 4.78 is 1.52. The first-order valence-electron chi connectivity index (χ1n) is 5.63. The Balaban J connectivity index is 2.01. The lowest BCUT2D eigenvalue weighted by Gasteiger charge is -2.05. The van der Waals surface area contributed by atoms with Gasteiger partial charge in [0.15, 0.2) is 0 Å². The summed E-state index contributed by atoms with van der Waals surface area (Å²) in [4.78, 5) is 11.7. The molecule has 0 spiro atoms. The molecule has 0 radical (unpaired) electrons. The number of nitrogens with one attached hydrogen (secondary N) is 1. The van der Waals surface area contributed by atoms with Crippen LogP contribution in [-0.4, -0.2) is 39.2 Å². The molecule has 0 unspecified atom stereocenters. The van der Waals surface area contributed by atoms with E-state index in [0.29, 0.717) is 18.7 Å². The number of nitrogens with zero attached hydrogens (tertiary/aromatic N) is 4. The van der Waals surface area contributed by atoms with Gasteiger partial charge in [-0.05, 0) is 47.7 Å². The first-order valence-corrected chi connectivity index (χ1v) is 5.63. The summed E-state index contributed by atoms with van der Waals surface area (Å²) in [6, 6.07) is 7.03. The van der Waals surface area contributed by atoms with Crippen LogP contribution in [0.5, 0.6) is 0 Å². The van der Waals surface area contributed by atoms with Crippen molar-refractivity contribution in [3.8, 4) is 5.69 Å². The van der Waals surface area contributed by atoms with Gasteiger partial charge in [0, 0.05) is 12.1 Å². The molecule has 0 fully saturated rings. The molecule has 0 atom stereocenters. The van der Waals surface area contributed by atoms with E-state index in [1.807, 2.05) is 0 Å². The average molecular weight is 246 g/mol. The van der Waals surface area contributed by atoms with Crippen molar-refractivity contribution in [1.82, 2.24) is 25.5 Å². The molecule has 3 N–H and O–H groups in total. The third-order valence-corrected chi connectivity index (χ3v) is 2.41. The fraction of sp³-hybridized carbons (Fsp3) is 0.273. The normalized spacial score (nSPS) is 10.3. The Hall–Kier alpha value is -2.28. The zero-order valence-electron chi connectivity index (χ0n) is 9.78. The van der Waals surface area contributed by atoms with E-state index < -0.39 is 0 Å². The number of amides is 1. The summed E-state index contributed by atoms with van der Waals surface area (Å²) in [6.07, 6.45) is 2.27. The third-order valence-electron chi connectivity index (χ3n) is 2.41. The molecule has 0 saturated carbocycles. The molecule has 1 aromatic heterocycles. The van der Waals surface area contributed by atoms with Crippen LogP contribution in [0, 0.1) is 0 Å². The predicted molar refractivity (Wildman–Crippen MR) is 65.2 cm³/mol. The first kappa shape index (κ1) is 12.2. The van der Waals surface area contributed by atoms with Crippen molar-refractivity contribution < 1.29 is 4.79 Å². The van der Waals surface area contributed by atoms with Crippen LogP contribution in [-0.2, 0) is 0 Å². The van der Waals surface area contributed by atoms with Crippen LogP contribution in [0.25, 0.3) is 5.69 Å². The van der Waals surface area contributed by atoms with Crippen molar-refractivity contribution in [2.24, 2.45) is 5.73 Å². The van der Waals surface area contributed by atoms with Gasteiger partial charge < -0.3 is 11.1 Å². The molecular weight excluding hydrogens is 232 g/mol. The van der Waals surface area contributed by atoms with Crippen molar-refractivity contribution in [2.75, 3.05) is 13.1 Å². The Morgan fingerprint density at radius 1 is 1.33 bits per heavy atom. The summed E-state index contributed by atoms with van der Waals surface area (Å²) >= 11 is 0. The molecule has 0 aliphatic rings. The van der Waals surface area contributed by atoms with Crippen LogP contribution in [0.3, 0.4) is 0 Å². The Morgan fingerprint density at radius 3 is 2.72 bits per heavy atom. The summed E-state index contributed by atoms with van der Waals surface area (Å²) in [5.41, 5.74) is 6.76. The van der Waals surface area contributed by atoms with Crippen molar-refractivity contribution in [2.45, 2.75) is 6.42 Å². The molecule has 0 aliphatic heterocycles. The number of rotatable bonds is 5. The van der Waals surface area contributed by atoms with Crippen LogP contribution in [0.2, 0.25) is 0 Å². The van der Waals surface area contributed by atoms with Gasteiger partial charge in [-0.15, -0.1) is 5.10 Å². The molecule has 94 valence electrons. The van der Waals surface area contributed by atoms with Gasteiger partial charge >= 0.3 is 0 Å². The van der Waals surface area contributed by atoms with E-state index in [-0.39, 0.29) is 5.91 Å². The van der Waals surface area contributed by atoms with Crippen molar-refractivity contribution >= 4 is 5.91 Å². The average Bonchev–Trinajstić information content (AvgIpc) is 2.93. The van der Waals surface area contributed by atoms with E-state index in [1.54, 1.807) is 24.3 Å². The molecule has 1 aromatic carbocycles. The molecule has 7 nitrogen and oxygen atoms in total. The van der Waals surface area contributed by atoms with Gasteiger partial charge in [0.1, 0.15) is 6.33 Å². The van der Waals surface area contributed by atoms with Gasteiger partial charge in [-0.1, -0.05) is 0 Å². The second-order valence-electron chi connectivity index (χ2n) is 3.70. The van der Waals surface area contributed by atoms with Crippen LogP contribution in [0.15, 0.2) is 30.6 Å². The lowest BCUT2D eigenvalue weighted by Crippen LogP contribution is -2.25. The van der Waals surface area contributed by atoms with Gasteiger partial charge in [-0.2, -0.15) is 0 Å². The maximum absolute atomic E-state index is 11.7. The molecule has 2 aromatic rings. The summed E-state index contributed by atoms with van der Waals surface area (Å²) in [6.45, 7) is 1.16. The number of nitrogens with two attached hydrogens (primary N) is 1. The minimum atomic E-state index is -0.105. The molecule has 18 heavy (non-hydrogen) atoms. The topological polar surface area (TPSA) is 98.7 Å². The van der Waals surface area contributed by atoms with E-state index >= 15 is 0 Å². The fourth-order valence-electron chi connectivity index (χ4n) is 1.45. The van der Waals surface area contributed by atoms with E-state index in [4.69, 9.17) is 5.73 Å². The van der Waals surface area contributed by atoms with Crippen LogP contribution in [0.4, 0.5) is 0 Å². The number of carbonyl (C=O) groups is 1. The zero-order valence-corrected chi connectivity index (χ0v) is 9.78. The Bertz CT molecular complexity index is 493. The van der Waals surface area contributed by atoms with Crippen LogP contribution < -0.4 is 11.1 Å². The van der Waals surface area contributed by atoms with Crippen molar-refractivity contribution in [1.29, 1.82) is 0 Å². The molecule has 0 saturated heterocycles. The van der Waals surface area contributed by atoms with Gasteiger partial charge in [0.2, 0.25) is 0 Å². The highest BCUT2D eigenvalue weighted by Gasteiger charge is 2.05. The van der Waals surface area contributed by atoms with E-state index in [9.17, 15) is 4.79 Å². The first-order chi connectivity index (χ1) is 8.81. The lowest BCUT2D eigenvalue weighted by atomic mass is 10.2. The highest BCUT2D eigenvalue weighted by Crippen LogP contribution is 2.07. The summed E-state index contributed by atoms with van der Waals surface area (Å²) in [5, 5.41) is 13.6. The van der Waals surface area contributed by atoms with E-state index in [2.05, 4.69) is 20.8 Å². The largest absolute Gasteiger partial charge is 0.352 e. The van der Waals surface area contributed by atoms with E-state index in [0.717, 1.165) is 12.1 Å². The predicted octanol–water partition coefficient (Wildman–Crippen LogP) is -0.259. The Labute approximate surface area is 104 Å². The number of hydrogen-bond donors (Lipinski definition) is 2. The van der Waals surface area contributed by atoms with Gasteiger partial charge in [-0.3, -0.25) is 4.79 Å². The molecular formula is C11H14N6O. The summed E-state index contributed by atoms with van der Waals surface area (Å²) in [5.74, 6) is -0.105.